The van der Waals surface area contributed by atoms with E-state index >= 15 is 0 Å². The number of aromatic nitrogens is 1. The number of rotatable bonds is 6. The highest BCUT2D eigenvalue weighted by Crippen LogP contribution is 1.97. The fourth-order valence-electron chi connectivity index (χ4n) is 1.43. The van der Waals surface area contributed by atoms with Gasteiger partial charge in [0.2, 0.25) is 0 Å². The van der Waals surface area contributed by atoms with Crippen LogP contribution in [0.15, 0.2) is 16.9 Å². The highest BCUT2D eigenvalue weighted by Gasteiger charge is 2.05. The van der Waals surface area contributed by atoms with Crippen LogP contribution in [-0.4, -0.2) is 31.5 Å². The van der Waals surface area contributed by atoms with Crippen LogP contribution < -0.4 is 5.56 Å². The van der Waals surface area contributed by atoms with Crippen molar-refractivity contribution < 1.29 is 9.47 Å². The first-order valence-electron chi connectivity index (χ1n) is 5.38. The molecule has 0 fully saturated rings. The van der Waals surface area contributed by atoms with Gasteiger partial charge >= 0.3 is 0 Å². The smallest absolute Gasteiger partial charge is 0.268 e. The number of aryl methyl sites for hydroxylation is 1. The van der Waals surface area contributed by atoms with Crippen molar-refractivity contribution in [3.63, 3.8) is 0 Å². The topological polar surface area (TPSA) is 64.2 Å². The Kier molecular flexibility index (Phi) is 5.40. The minimum absolute atomic E-state index is 0.160. The lowest BCUT2D eigenvalue weighted by Crippen LogP contribution is -2.26. The third-order valence-electron chi connectivity index (χ3n) is 2.40. The van der Waals surface area contributed by atoms with E-state index in [1.54, 1.807) is 23.8 Å². The van der Waals surface area contributed by atoms with Crippen molar-refractivity contribution in [2.45, 2.75) is 13.5 Å². The van der Waals surface area contributed by atoms with Crippen molar-refractivity contribution in [3.8, 4) is 6.07 Å². The first kappa shape index (κ1) is 13.4. The van der Waals surface area contributed by atoms with Crippen LogP contribution in [0.4, 0.5) is 0 Å². The molecule has 5 heteroatoms. The zero-order valence-corrected chi connectivity index (χ0v) is 10.1. The molecule has 0 saturated carbocycles. The highest BCUT2D eigenvalue weighted by molar-refractivity contribution is 5.27. The summed E-state index contributed by atoms with van der Waals surface area (Å²) in [6, 6.07) is 5.18. The zero-order chi connectivity index (χ0) is 12.7. The van der Waals surface area contributed by atoms with Crippen molar-refractivity contribution in [1.29, 1.82) is 5.26 Å². The van der Waals surface area contributed by atoms with E-state index in [0.29, 0.717) is 26.4 Å². The lowest BCUT2D eigenvalue weighted by molar-refractivity contribution is 0.0661. The van der Waals surface area contributed by atoms with Crippen LogP contribution in [0.25, 0.3) is 0 Å². The molecule has 0 aromatic carbocycles. The summed E-state index contributed by atoms with van der Waals surface area (Å²) in [6.07, 6.45) is 0. The van der Waals surface area contributed by atoms with Gasteiger partial charge in [0.15, 0.2) is 0 Å². The lowest BCUT2D eigenvalue weighted by Gasteiger charge is -2.10. The quantitative estimate of drug-likeness (QED) is 0.682. The van der Waals surface area contributed by atoms with E-state index in [1.165, 1.54) is 0 Å². The molecule has 0 bridgehead atoms. The molecule has 92 valence electrons. The van der Waals surface area contributed by atoms with E-state index in [0.717, 1.165) is 5.69 Å². The van der Waals surface area contributed by atoms with Gasteiger partial charge in [0.05, 0.1) is 19.8 Å². The SMILES string of the molecule is COCCOCCn1c(C)ccc(C#N)c1=O. The van der Waals surface area contributed by atoms with E-state index in [9.17, 15) is 4.79 Å². The number of nitriles is 1. The van der Waals surface area contributed by atoms with Gasteiger partial charge in [-0.1, -0.05) is 0 Å². The Morgan fingerprint density at radius 2 is 2.12 bits per heavy atom. The fourth-order valence-corrected chi connectivity index (χ4v) is 1.43. The molecular weight excluding hydrogens is 220 g/mol. The molecule has 17 heavy (non-hydrogen) atoms. The van der Waals surface area contributed by atoms with E-state index < -0.39 is 0 Å². The van der Waals surface area contributed by atoms with Crippen molar-refractivity contribution in [2.24, 2.45) is 0 Å². The first-order chi connectivity index (χ1) is 8.20. The van der Waals surface area contributed by atoms with Gasteiger partial charge in [-0.15, -0.1) is 0 Å². The molecule has 1 aromatic rings. The van der Waals surface area contributed by atoms with Crippen LogP contribution in [0.3, 0.4) is 0 Å². The van der Waals surface area contributed by atoms with Gasteiger partial charge in [-0.05, 0) is 19.1 Å². The van der Waals surface area contributed by atoms with Crippen molar-refractivity contribution >= 4 is 0 Å². The Balaban J connectivity index is 2.65. The van der Waals surface area contributed by atoms with Crippen LogP contribution in [0.1, 0.15) is 11.3 Å². The Morgan fingerprint density at radius 3 is 2.76 bits per heavy atom. The Hall–Kier alpha value is -1.64. The van der Waals surface area contributed by atoms with Gasteiger partial charge in [0, 0.05) is 19.3 Å². The van der Waals surface area contributed by atoms with Crippen LogP contribution in [0.5, 0.6) is 0 Å². The van der Waals surface area contributed by atoms with Crippen molar-refractivity contribution in [2.75, 3.05) is 26.9 Å². The van der Waals surface area contributed by atoms with Crippen LogP contribution in [0.2, 0.25) is 0 Å². The van der Waals surface area contributed by atoms with Crippen LogP contribution in [0, 0.1) is 18.3 Å². The summed E-state index contributed by atoms with van der Waals surface area (Å²) in [7, 11) is 1.61. The molecule has 0 aliphatic heterocycles. The predicted molar refractivity (Wildman–Crippen MR) is 62.8 cm³/mol. The summed E-state index contributed by atoms with van der Waals surface area (Å²) >= 11 is 0. The molecule has 0 amide bonds. The molecule has 0 N–H and O–H groups in total. The van der Waals surface area contributed by atoms with Gasteiger partial charge in [0.1, 0.15) is 11.6 Å². The second kappa shape index (κ2) is 6.84. The molecule has 0 aliphatic carbocycles. The molecule has 1 rings (SSSR count). The van der Waals surface area contributed by atoms with E-state index in [1.807, 2.05) is 13.0 Å². The van der Waals surface area contributed by atoms with Crippen molar-refractivity contribution in [1.82, 2.24) is 4.57 Å². The summed E-state index contributed by atoms with van der Waals surface area (Å²) in [4.78, 5) is 11.8. The molecule has 0 atom stereocenters. The summed E-state index contributed by atoms with van der Waals surface area (Å²) in [6.45, 7) is 3.74. The molecule has 5 nitrogen and oxygen atoms in total. The van der Waals surface area contributed by atoms with Crippen LogP contribution in [-0.2, 0) is 16.0 Å². The first-order valence-corrected chi connectivity index (χ1v) is 5.38. The Labute approximate surface area is 100 Å². The minimum atomic E-state index is -0.261. The highest BCUT2D eigenvalue weighted by atomic mass is 16.5. The fraction of sp³-hybridized carbons (Fsp3) is 0.500. The van der Waals surface area contributed by atoms with Gasteiger partial charge in [-0.3, -0.25) is 4.79 Å². The zero-order valence-electron chi connectivity index (χ0n) is 10.1. The number of methoxy groups -OCH3 is 1. The lowest BCUT2D eigenvalue weighted by atomic mass is 10.2. The minimum Gasteiger partial charge on any atom is -0.382 e. The molecule has 0 unspecified atom stereocenters. The van der Waals surface area contributed by atoms with Crippen LogP contribution >= 0.6 is 0 Å². The molecule has 1 heterocycles. The number of nitrogens with zero attached hydrogens (tertiary/aromatic N) is 2. The third-order valence-corrected chi connectivity index (χ3v) is 2.40. The monoisotopic (exact) mass is 236 g/mol. The normalized spacial score (nSPS) is 10.2. The number of hydrogen-bond donors (Lipinski definition) is 0. The maximum atomic E-state index is 11.8. The van der Waals surface area contributed by atoms with Gasteiger partial charge < -0.3 is 14.0 Å². The molecule has 1 aromatic heterocycles. The van der Waals surface area contributed by atoms with E-state index in [4.69, 9.17) is 14.7 Å². The van der Waals surface area contributed by atoms with Gasteiger partial charge in [-0.2, -0.15) is 5.26 Å². The third kappa shape index (κ3) is 3.70. The Bertz CT molecular complexity index is 460. The van der Waals surface area contributed by atoms with Crippen molar-refractivity contribution in [3.05, 3.63) is 33.7 Å². The summed E-state index contributed by atoms with van der Waals surface area (Å²) < 4.78 is 11.7. The summed E-state index contributed by atoms with van der Waals surface area (Å²) in [5.74, 6) is 0. The molecular formula is C12H16N2O3. The largest absolute Gasteiger partial charge is 0.382 e. The molecule has 0 aliphatic rings. The standard InChI is InChI=1S/C12H16N2O3/c1-10-3-4-11(9-13)12(15)14(10)5-6-17-8-7-16-2/h3-4H,5-8H2,1-2H3. The molecule has 0 saturated heterocycles. The summed E-state index contributed by atoms with van der Waals surface area (Å²) in [5.41, 5.74) is 0.722. The Morgan fingerprint density at radius 1 is 1.35 bits per heavy atom. The van der Waals surface area contributed by atoms with Gasteiger partial charge in [0.25, 0.3) is 5.56 Å². The van der Waals surface area contributed by atoms with E-state index in [2.05, 4.69) is 0 Å². The second-order valence-electron chi connectivity index (χ2n) is 3.56. The average Bonchev–Trinajstić information content (AvgIpc) is 2.33. The number of ether oxygens (including phenoxy) is 2. The molecule has 0 radical (unpaired) electrons. The predicted octanol–water partition coefficient (Wildman–Crippen LogP) is 0.691. The number of pyridine rings is 1. The van der Waals surface area contributed by atoms with E-state index in [-0.39, 0.29) is 11.1 Å². The second-order valence-corrected chi connectivity index (χ2v) is 3.56. The number of hydrogen-bond acceptors (Lipinski definition) is 4. The molecule has 0 spiro atoms. The maximum Gasteiger partial charge on any atom is 0.268 e. The summed E-state index contributed by atoms with van der Waals surface area (Å²) in [5, 5.41) is 8.76. The average molecular weight is 236 g/mol. The maximum absolute atomic E-state index is 11.8. The van der Waals surface area contributed by atoms with Gasteiger partial charge in [-0.25, -0.2) is 0 Å².